The lowest BCUT2D eigenvalue weighted by Gasteiger charge is -2.37. The minimum atomic E-state index is 0.0979. The average molecular weight is 407 g/mol. The van der Waals surface area contributed by atoms with Crippen LogP contribution in [0.1, 0.15) is 46.9 Å². The number of carbonyl (C=O) groups is 1. The summed E-state index contributed by atoms with van der Waals surface area (Å²) in [7, 11) is 0. The van der Waals surface area contributed by atoms with Gasteiger partial charge in [-0.2, -0.15) is 0 Å². The zero-order chi connectivity index (χ0) is 21.2. The highest BCUT2D eigenvalue weighted by atomic mass is 16.2. The Kier molecular flexibility index (Phi) is 9.37. The number of aliphatic imine (C=N–C) groups is 1. The van der Waals surface area contributed by atoms with E-state index in [0.29, 0.717) is 19.1 Å². The molecule has 164 valence electrons. The summed E-state index contributed by atoms with van der Waals surface area (Å²) in [4.78, 5) is 21.4. The molecule has 0 aromatic carbocycles. The molecule has 2 rings (SSSR count). The first kappa shape index (κ1) is 23.1. The summed E-state index contributed by atoms with van der Waals surface area (Å²) >= 11 is 0. The summed E-state index contributed by atoms with van der Waals surface area (Å²) in [5.41, 5.74) is 0. The third-order valence-corrected chi connectivity index (χ3v) is 5.09. The van der Waals surface area contributed by atoms with Crippen LogP contribution in [0.5, 0.6) is 0 Å². The molecule has 1 unspecified atom stereocenters. The van der Waals surface area contributed by atoms with Crippen molar-refractivity contribution < 1.29 is 4.79 Å². The summed E-state index contributed by atoms with van der Waals surface area (Å²) in [5, 5.41) is 14.7. The van der Waals surface area contributed by atoms with E-state index in [1.807, 2.05) is 13.8 Å². The highest BCUT2D eigenvalue weighted by Gasteiger charge is 2.22. The van der Waals surface area contributed by atoms with Crippen molar-refractivity contribution in [1.29, 1.82) is 0 Å². The topological polar surface area (TPSA) is 90.7 Å². The van der Waals surface area contributed by atoms with E-state index in [9.17, 15) is 4.79 Å². The van der Waals surface area contributed by atoms with Crippen molar-refractivity contribution in [2.24, 2.45) is 4.99 Å². The van der Waals surface area contributed by atoms with Crippen LogP contribution >= 0.6 is 0 Å². The van der Waals surface area contributed by atoms with Crippen LogP contribution in [0.2, 0.25) is 0 Å². The Morgan fingerprint density at radius 2 is 1.90 bits per heavy atom. The van der Waals surface area contributed by atoms with Crippen LogP contribution in [0.25, 0.3) is 0 Å². The first-order chi connectivity index (χ1) is 13.9. The quantitative estimate of drug-likeness (QED) is 0.464. The predicted octanol–water partition coefficient (Wildman–Crippen LogP) is 0.727. The Balaban J connectivity index is 1.91. The van der Waals surface area contributed by atoms with Crippen LogP contribution in [0, 0.1) is 0 Å². The third kappa shape index (κ3) is 7.64. The highest BCUT2D eigenvalue weighted by Crippen LogP contribution is 2.04. The van der Waals surface area contributed by atoms with Crippen LogP contribution in [0.4, 0.5) is 0 Å². The molecule has 0 spiro atoms. The van der Waals surface area contributed by atoms with E-state index in [4.69, 9.17) is 4.99 Å². The number of carbonyl (C=O) groups excluding carboxylic acids is 1. The van der Waals surface area contributed by atoms with Crippen LogP contribution in [-0.4, -0.2) is 87.8 Å². The van der Waals surface area contributed by atoms with E-state index in [1.54, 1.807) is 6.33 Å². The summed E-state index contributed by atoms with van der Waals surface area (Å²) in [6, 6.07) is 0.547. The minimum Gasteiger partial charge on any atom is -0.354 e. The molecule has 1 aliphatic rings. The van der Waals surface area contributed by atoms with Crippen molar-refractivity contribution in [3.05, 3.63) is 12.2 Å². The number of amides is 1. The molecule has 0 aliphatic carbocycles. The molecule has 1 fully saturated rings. The van der Waals surface area contributed by atoms with Gasteiger partial charge in [0.05, 0.1) is 13.1 Å². The zero-order valence-corrected chi connectivity index (χ0v) is 18.7. The number of nitrogens with zero attached hydrogens (tertiary/aromatic N) is 6. The van der Waals surface area contributed by atoms with Gasteiger partial charge in [0.2, 0.25) is 5.91 Å². The van der Waals surface area contributed by atoms with Crippen LogP contribution in [0.3, 0.4) is 0 Å². The summed E-state index contributed by atoms with van der Waals surface area (Å²) < 4.78 is 2.07. The molecule has 0 saturated carbocycles. The van der Waals surface area contributed by atoms with Gasteiger partial charge in [0.1, 0.15) is 12.2 Å². The maximum absolute atomic E-state index is 12.0. The standard InChI is InChI=1S/C20H38N8O/c1-6-17(5)24-20(21-8-9-28-15-22-25-18(28)7-2)27-12-10-26(11-13-27)14-19(29)23-16(3)4/h15-17H,6-14H2,1-5H3,(H,21,24)(H,23,29). The second kappa shape index (κ2) is 11.7. The molecule has 1 atom stereocenters. The van der Waals surface area contributed by atoms with Gasteiger partial charge in [0.15, 0.2) is 5.96 Å². The number of hydrogen-bond acceptors (Lipinski definition) is 5. The number of nitrogens with one attached hydrogen (secondary N) is 2. The van der Waals surface area contributed by atoms with E-state index in [1.165, 1.54) is 0 Å². The van der Waals surface area contributed by atoms with Gasteiger partial charge >= 0.3 is 0 Å². The summed E-state index contributed by atoms with van der Waals surface area (Å²) in [6.45, 7) is 15.8. The SMILES string of the molecule is CCc1nncn1CCN=C(NC(C)CC)N1CCN(CC(=O)NC(C)C)CC1. The zero-order valence-electron chi connectivity index (χ0n) is 18.7. The largest absolute Gasteiger partial charge is 0.354 e. The fraction of sp³-hybridized carbons (Fsp3) is 0.800. The molecule has 1 aromatic heterocycles. The first-order valence-corrected chi connectivity index (χ1v) is 10.9. The molecule has 2 N–H and O–H groups in total. The molecule has 2 heterocycles. The van der Waals surface area contributed by atoms with Crippen molar-refractivity contribution in [1.82, 2.24) is 35.2 Å². The van der Waals surface area contributed by atoms with Crippen LogP contribution in [0.15, 0.2) is 11.3 Å². The molecule has 1 saturated heterocycles. The molecule has 1 aliphatic heterocycles. The lowest BCUT2D eigenvalue weighted by atomic mass is 10.2. The Hall–Kier alpha value is -2.16. The number of aryl methyl sites for hydroxylation is 1. The molecule has 9 nitrogen and oxygen atoms in total. The Labute approximate surface area is 174 Å². The second-order valence-electron chi connectivity index (χ2n) is 7.94. The third-order valence-electron chi connectivity index (χ3n) is 5.09. The van der Waals surface area contributed by atoms with E-state index in [2.05, 4.69) is 56.0 Å². The van der Waals surface area contributed by atoms with E-state index >= 15 is 0 Å². The first-order valence-electron chi connectivity index (χ1n) is 10.9. The van der Waals surface area contributed by atoms with Gasteiger partial charge < -0.3 is 20.1 Å². The van der Waals surface area contributed by atoms with Gasteiger partial charge in [-0.25, -0.2) is 0 Å². The molecule has 0 bridgehead atoms. The lowest BCUT2D eigenvalue weighted by Crippen LogP contribution is -2.55. The molecule has 0 radical (unpaired) electrons. The van der Waals surface area contributed by atoms with Crippen molar-refractivity contribution in [3.8, 4) is 0 Å². The predicted molar refractivity (Wildman–Crippen MR) is 116 cm³/mol. The molecule has 29 heavy (non-hydrogen) atoms. The Morgan fingerprint density at radius 1 is 1.17 bits per heavy atom. The van der Waals surface area contributed by atoms with Gasteiger partial charge in [-0.15, -0.1) is 10.2 Å². The van der Waals surface area contributed by atoms with Gasteiger partial charge in [0.25, 0.3) is 0 Å². The maximum Gasteiger partial charge on any atom is 0.234 e. The normalized spacial score (nSPS) is 16.9. The van der Waals surface area contributed by atoms with Crippen LogP contribution in [-0.2, 0) is 17.8 Å². The maximum atomic E-state index is 12.0. The summed E-state index contributed by atoms with van der Waals surface area (Å²) in [5.74, 6) is 2.04. The molecule has 1 amide bonds. The van der Waals surface area contributed by atoms with Crippen molar-refractivity contribution in [2.45, 2.75) is 66.1 Å². The summed E-state index contributed by atoms with van der Waals surface area (Å²) in [6.07, 6.45) is 3.69. The fourth-order valence-electron chi connectivity index (χ4n) is 3.25. The minimum absolute atomic E-state index is 0.0979. The van der Waals surface area contributed by atoms with Gasteiger partial charge in [0, 0.05) is 51.2 Å². The second-order valence-corrected chi connectivity index (χ2v) is 7.94. The molecular formula is C20H38N8O. The van der Waals surface area contributed by atoms with Crippen molar-refractivity contribution in [3.63, 3.8) is 0 Å². The van der Waals surface area contributed by atoms with E-state index < -0.39 is 0 Å². The number of guanidine groups is 1. The highest BCUT2D eigenvalue weighted by molar-refractivity contribution is 5.80. The van der Waals surface area contributed by atoms with Gasteiger partial charge in [-0.1, -0.05) is 13.8 Å². The Morgan fingerprint density at radius 3 is 2.52 bits per heavy atom. The monoisotopic (exact) mass is 406 g/mol. The van der Waals surface area contributed by atoms with Crippen molar-refractivity contribution >= 4 is 11.9 Å². The van der Waals surface area contributed by atoms with Crippen molar-refractivity contribution in [2.75, 3.05) is 39.3 Å². The smallest absolute Gasteiger partial charge is 0.234 e. The molecule has 1 aromatic rings. The number of aromatic nitrogens is 3. The lowest BCUT2D eigenvalue weighted by molar-refractivity contribution is -0.123. The van der Waals surface area contributed by atoms with E-state index in [0.717, 1.165) is 57.3 Å². The van der Waals surface area contributed by atoms with Crippen LogP contribution < -0.4 is 10.6 Å². The molecular weight excluding hydrogens is 368 g/mol. The number of rotatable bonds is 9. The van der Waals surface area contributed by atoms with Gasteiger partial charge in [-0.3, -0.25) is 14.7 Å². The van der Waals surface area contributed by atoms with Gasteiger partial charge in [-0.05, 0) is 27.2 Å². The Bertz CT molecular complexity index is 649. The number of piperazine rings is 1. The van der Waals surface area contributed by atoms with E-state index in [-0.39, 0.29) is 11.9 Å². The fourth-order valence-corrected chi connectivity index (χ4v) is 3.25. The number of hydrogen-bond donors (Lipinski definition) is 2. The molecule has 9 heteroatoms. The average Bonchev–Trinajstić information content (AvgIpc) is 3.14.